The third-order valence-corrected chi connectivity index (χ3v) is 11.3. The van der Waals surface area contributed by atoms with Crippen molar-refractivity contribution in [3.63, 3.8) is 0 Å². The maximum Gasteiger partial charge on any atom is 0.0449 e. The van der Waals surface area contributed by atoms with Crippen LogP contribution in [0.2, 0.25) is 0 Å². The average molecular weight is 716 g/mol. The fraction of sp³-hybridized carbons (Fsp3) is 0.520. The van der Waals surface area contributed by atoms with Gasteiger partial charge in [0.15, 0.2) is 0 Å². The van der Waals surface area contributed by atoms with E-state index in [1.165, 1.54) is 125 Å². The standard InChI is InChI=1S/C50H73N3/c1-2-3-4-5-6-7-8-9-10-11-12-13-14-15-16-29-40-53(44-48-36-27-20-28-37-48)50(42-46-32-23-18-24-33-46,43-47-34-25-19-26-35-47)49(52-39-38-51)41-45-30-21-17-22-31-45/h17-28,30-37,49,52H,2-16,29,38-44,51H2,1H3. The van der Waals surface area contributed by atoms with Gasteiger partial charge in [0.1, 0.15) is 0 Å². The monoisotopic (exact) mass is 716 g/mol. The molecule has 3 nitrogen and oxygen atoms in total. The zero-order chi connectivity index (χ0) is 37.1. The normalized spacial score (nSPS) is 12.4. The third-order valence-electron chi connectivity index (χ3n) is 11.3. The van der Waals surface area contributed by atoms with Crippen molar-refractivity contribution >= 4 is 0 Å². The Kier molecular flexibility index (Phi) is 21.3. The number of nitrogens with one attached hydrogen (secondary N) is 1. The highest BCUT2D eigenvalue weighted by Gasteiger charge is 2.44. The van der Waals surface area contributed by atoms with Crippen molar-refractivity contribution in [3.8, 4) is 0 Å². The van der Waals surface area contributed by atoms with E-state index in [0.29, 0.717) is 6.54 Å². The van der Waals surface area contributed by atoms with Crippen LogP contribution in [0.4, 0.5) is 0 Å². The van der Waals surface area contributed by atoms with Crippen LogP contribution in [0.5, 0.6) is 0 Å². The molecule has 288 valence electrons. The lowest BCUT2D eigenvalue weighted by Gasteiger charge is -2.50. The molecule has 53 heavy (non-hydrogen) atoms. The molecular formula is C50H73N3. The highest BCUT2D eigenvalue weighted by atomic mass is 15.2. The molecule has 4 rings (SSSR count). The highest BCUT2D eigenvalue weighted by Crippen LogP contribution is 2.34. The molecule has 0 spiro atoms. The summed E-state index contributed by atoms with van der Waals surface area (Å²) in [7, 11) is 0. The lowest BCUT2D eigenvalue weighted by Crippen LogP contribution is -2.65. The molecule has 0 aromatic heterocycles. The van der Waals surface area contributed by atoms with Crippen molar-refractivity contribution in [1.29, 1.82) is 0 Å². The minimum absolute atomic E-state index is 0.193. The van der Waals surface area contributed by atoms with Crippen molar-refractivity contribution in [1.82, 2.24) is 10.2 Å². The van der Waals surface area contributed by atoms with E-state index < -0.39 is 0 Å². The number of benzene rings is 4. The lowest BCUT2D eigenvalue weighted by atomic mass is 9.74. The number of nitrogens with two attached hydrogens (primary N) is 1. The first-order valence-corrected chi connectivity index (χ1v) is 21.6. The van der Waals surface area contributed by atoms with E-state index in [4.69, 9.17) is 5.73 Å². The first kappa shape index (κ1) is 42.5. The molecule has 3 heteroatoms. The molecule has 0 amide bonds. The van der Waals surface area contributed by atoms with Crippen LogP contribution in [0.15, 0.2) is 121 Å². The van der Waals surface area contributed by atoms with Gasteiger partial charge in [0.2, 0.25) is 0 Å². The Hall–Kier alpha value is -3.24. The first-order chi connectivity index (χ1) is 26.2. The second-order valence-corrected chi connectivity index (χ2v) is 15.6. The summed E-state index contributed by atoms with van der Waals surface area (Å²) in [4.78, 5) is 2.88. The van der Waals surface area contributed by atoms with Crippen molar-refractivity contribution in [2.45, 2.75) is 147 Å². The fourth-order valence-corrected chi connectivity index (χ4v) is 8.32. The molecule has 0 heterocycles. The predicted octanol–water partition coefficient (Wildman–Crippen LogP) is 12.1. The molecular weight excluding hydrogens is 643 g/mol. The zero-order valence-corrected chi connectivity index (χ0v) is 33.4. The number of nitrogens with zero attached hydrogens (tertiary/aromatic N) is 1. The Morgan fingerprint density at radius 3 is 1.28 bits per heavy atom. The van der Waals surface area contributed by atoms with Gasteiger partial charge in [0.05, 0.1) is 0 Å². The van der Waals surface area contributed by atoms with Crippen LogP contribution < -0.4 is 11.1 Å². The smallest absolute Gasteiger partial charge is 0.0449 e. The van der Waals surface area contributed by atoms with Gasteiger partial charge >= 0.3 is 0 Å². The SMILES string of the molecule is CCCCCCCCCCCCCCCCCCN(Cc1ccccc1)C(Cc1ccccc1)(Cc1ccccc1)C(Cc1ccccc1)NCCN. The van der Waals surface area contributed by atoms with Gasteiger partial charge in [-0.25, -0.2) is 0 Å². The van der Waals surface area contributed by atoms with Gasteiger partial charge in [0.25, 0.3) is 0 Å². The second-order valence-electron chi connectivity index (χ2n) is 15.6. The first-order valence-electron chi connectivity index (χ1n) is 21.6. The molecule has 1 atom stereocenters. The molecule has 0 saturated carbocycles. The molecule has 0 aliphatic carbocycles. The molecule has 4 aromatic carbocycles. The number of hydrogen-bond acceptors (Lipinski definition) is 3. The fourth-order valence-electron chi connectivity index (χ4n) is 8.32. The van der Waals surface area contributed by atoms with Crippen LogP contribution in [0.1, 0.15) is 132 Å². The minimum Gasteiger partial charge on any atom is -0.329 e. The molecule has 0 radical (unpaired) electrons. The van der Waals surface area contributed by atoms with E-state index in [9.17, 15) is 0 Å². The van der Waals surface area contributed by atoms with Crippen LogP contribution in [-0.2, 0) is 25.8 Å². The van der Waals surface area contributed by atoms with Gasteiger partial charge in [-0.3, -0.25) is 4.90 Å². The Morgan fingerprint density at radius 2 is 0.868 bits per heavy atom. The van der Waals surface area contributed by atoms with Gasteiger partial charge in [-0.15, -0.1) is 0 Å². The molecule has 3 N–H and O–H groups in total. The van der Waals surface area contributed by atoms with Crippen LogP contribution in [0.3, 0.4) is 0 Å². The van der Waals surface area contributed by atoms with E-state index in [1.54, 1.807) is 0 Å². The van der Waals surface area contributed by atoms with Gasteiger partial charge in [0, 0.05) is 31.2 Å². The van der Waals surface area contributed by atoms with Crippen LogP contribution in [-0.4, -0.2) is 36.1 Å². The quantitative estimate of drug-likeness (QED) is 0.0528. The second kappa shape index (κ2) is 26.5. The Labute approximate surface area is 325 Å². The van der Waals surface area contributed by atoms with Crippen LogP contribution in [0.25, 0.3) is 0 Å². The third kappa shape index (κ3) is 16.3. The van der Waals surface area contributed by atoms with E-state index in [2.05, 4.69) is 138 Å². The van der Waals surface area contributed by atoms with E-state index in [-0.39, 0.29) is 11.6 Å². The molecule has 0 bridgehead atoms. The van der Waals surface area contributed by atoms with Gasteiger partial charge in [-0.05, 0) is 54.5 Å². The molecule has 1 unspecified atom stereocenters. The molecule has 0 saturated heterocycles. The topological polar surface area (TPSA) is 41.3 Å². The highest BCUT2D eigenvalue weighted by molar-refractivity contribution is 5.28. The maximum atomic E-state index is 6.24. The van der Waals surface area contributed by atoms with Gasteiger partial charge in [-0.2, -0.15) is 0 Å². The molecule has 0 fully saturated rings. The van der Waals surface area contributed by atoms with E-state index >= 15 is 0 Å². The van der Waals surface area contributed by atoms with E-state index in [1.807, 2.05) is 0 Å². The summed E-state index contributed by atoms with van der Waals surface area (Å²) >= 11 is 0. The number of unbranched alkanes of at least 4 members (excludes halogenated alkanes) is 15. The predicted molar refractivity (Wildman–Crippen MR) is 230 cm³/mol. The Bertz CT molecular complexity index is 1370. The maximum absolute atomic E-state index is 6.24. The van der Waals surface area contributed by atoms with E-state index in [0.717, 1.165) is 38.9 Å². The summed E-state index contributed by atoms with van der Waals surface area (Å²) in [6.45, 7) is 5.71. The average Bonchev–Trinajstić information content (AvgIpc) is 3.20. The largest absolute Gasteiger partial charge is 0.329 e. The number of rotatable bonds is 30. The van der Waals surface area contributed by atoms with Crippen molar-refractivity contribution < 1.29 is 0 Å². The van der Waals surface area contributed by atoms with Gasteiger partial charge in [-0.1, -0.05) is 225 Å². The van der Waals surface area contributed by atoms with Crippen LogP contribution in [0, 0.1) is 0 Å². The van der Waals surface area contributed by atoms with Crippen molar-refractivity contribution in [3.05, 3.63) is 144 Å². The summed E-state index contributed by atoms with van der Waals surface area (Å²) in [6, 6.07) is 44.9. The molecule has 0 aliphatic heterocycles. The van der Waals surface area contributed by atoms with Gasteiger partial charge < -0.3 is 11.1 Å². The summed E-state index contributed by atoms with van der Waals surface area (Å²) in [5.41, 5.74) is 11.6. The summed E-state index contributed by atoms with van der Waals surface area (Å²) in [5.74, 6) is 0. The zero-order valence-electron chi connectivity index (χ0n) is 33.4. The summed E-state index contributed by atoms with van der Waals surface area (Å²) in [6.07, 6.45) is 25.1. The lowest BCUT2D eigenvalue weighted by molar-refractivity contribution is 0.0382. The van der Waals surface area contributed by atoms with Crippen molar-refractivity contribution in [2.75, 3.05) is 19.6 Å². The molecule has 4 aromatic rings. The van der Waals surface area contributed by atoms with Crippen molar-refractivity contribution in [2.24, 2.45) is 5.73 Å². The molecule has 0 aliphatic rings. The number of hydrogen-bond donors (Lipinski definition) is 2. The minimum atomic E-state index is -0.195. The summed E-state index contributed by atoms with van der Waals surface area (Å²) < 4.78 is 0. The summed E-state index contributed by atoms with van der Waals surface area (Å²) in [5, 5.41) is 4.06. The Balaban J connectivity index is 1.49. The van der Waals surface area contributed by atoms with Crippen LogP contribution >= 0.6 is 0 Å². The Morgan fingerprint density at radius 1 is 0.491 bits per heavy atom.